The van der Waals surface area contributed by atoms with Crippen molar-refractivity contribution in [1.29, 1.82) is 0 Å². The number of hydrogen-bond acceptors (Lipinski definition) is 4. The van der Waals surface area contributed by atoms with Gasteiger partial charge in [-0.1, -0.05) is 4.49 Å². The first-order chi connectivity index (χ1) is 7.66. The Morgan fingerprint density at radius 1 is 1.38 bits per heavy atom. The maximum atomic E-state index is 13.2. The first-order valence-corrected chi connectivity index (χ1v) is 5.18. The number of halogens is 2. The van der Waals surface area contributed by atoms with Crippen LogP contribution in [-0.2, 0) is 6.42 Å². The van der Waals surface area contributed by atoms with E-state index in [1.165, 1.54) is 6.20 Å². The second-order valence-electron chi connectivity index (χ2n) is 3.12. The van der Waals surface area contributed by atoms with Gasteiger partial charge in [0.15, 0.2) is 5.78 Å². The molecule has 2 aromatic rings. The van der Waals surface area contributed by atoms with Gasteiger partial charge < -0.3 is 0 Å². The van der Waals surface area contributed by atoms with Crippen LogP contribution in [0, 0.1) is 11.6 Å². The first-order valence-electron chi connectivity index (χ1n) is 4.41. The summed E-state index contributed by atoms with van der Waals surface area (Å²) in [7, 11) is 0. The van der Waals surface area contributed by atoms with Crippen molar-refractivity contribution in [3.8, 4) is 0 Å². The van der Waals surface area contributed by atoms with Gasteiger partial charge in [0.2, 0.25) is 0 Å². The van der Waals surface area contributed by atoms with E-state index in [1.54, 1.807) is 0 Å². The molecular weight excluding hydrogens is 234 g/mol. The summed E-state index contributed by atoms with van der Waals surface area (Å²) in [5.74, 6) is -1.47. The van der Waals surface area contributed by atoms with Crippen molar-refractivity contribution in [2.75, 3.05) is 0 Å². The molecule has 0 unspecified atom stereocenters. The molecule has 0 bridgehead atoms. The van der Waals surface area contributed by atoms with Gasteiger partial charge in [-0.3, -0.25) is 4.79 Å². The first kappa shape index (κ1) is 10.8. The van der Waals surface area contributed by atoms with Crippen molar-refractivity contribution in [1.82, 2.24) is 9.59 Å². The predicted octanol–water partition coefficient (Wildman–Crippen LogP) is 2.24. The van der Waals surface area contributed by atoms with Crippen LogP contribution in [0.5, 0.6) is 0 Å². The molecule has 1 heterocycles. The summed E-state index contributed by atoms with van der Waals surface area (Å²) in [5.41, 5.74) is 0.0402. The Hall–Kier alpha value is -1.69. The van der Waals surface area contributed by atoms with Gasteiger partial charge in [-0.15, -0.1) is 5.10 Å². The summed E-state index contributed by atoms with van der Waals surface area (Å²) in [6.45, 7) is 0. The molecule has 0 aliphatic heterocycles. The molecule has 0 atom stereocenters. The summed E-state index contributed by atoms with van der Waals surface area (Å²) in [6.07, 6.45) is 1.12. The molecule has 1 aromatic carbocycles. The van der Waals surface area contributed by atoms with Gasteiger partial charge in [0, 0.05) is 6.42 Å². The molecule has 0 fully saturated rings. The van der Waals surface area contributed by atoms with Crippen LogP contribution in [0.2, 0.25) is 0 Å². The van der Waals surface area contributed by atoms with E-state index < -0.39 is 11.6 Å². The van der Waals surface area contributed by atoms with E-state index in [1.807, 2.05) is 0 Å². The van der Waals surface area contributed by atoms with Crippen LogP contribution in [-0.4, -0.2) is 15.4 Å². The van der Waals surface area contributed by atoms with E-state index in [4.69, 9.17) is 0 Å². The number of Topliss-reactive ketones (excluding diaryl/α,β-unsaturated/α-hetero) is 1. The summed E-state index contributed by atoms with van der Waals surface area (Å²) in [5, 5.41) is 3.50. The number of hydrogen-bond donors (Lipinski definition) is 0. The lowest BCUT2D eigenvalue weighted by atomic mass is 10.1. The minimum atomic E-state index is -0.591. The molecule has 0 aliphatic rings. The molecule has 0 spiro atoms. The highest BCUT2D eigenvalue weighted by Gasteiger charge is 2.13. The second kappa shape index (κ2) is 4.44. The fraction of sp³-hybridized carbons (Fsp3) is 0.100. The molecule has 0 N–H and O–H groups in total. The molecule has 82 valence electrons. The number of carbonyl (C=O) groups is 1. The van der Waals surface area contributed by atoms with Crippen LogP contribution in [0.4, 0.5) is 8.78 Å². The van der Waals surface area contributed by atoms with E-state index in [-0.39, 0.29) is 17.8 Å². The summed E-state index contributed by atoms with van der Waals surface area (Å²) >= 11 is 0.933. The molecule has 0 radical (unpaired) electrons. The Labute approximate surface area is 93.9 Å². The minimum absolute atomic E-state index is 0.0402. The molecular formula is C10H6F2N2OS. The number of ketones is 1. The van der Waals surface area contributed by atoms with E-state index in [0.717, 1.165) is 29.7 Å². The third kappa shape index (κ3) is 2.27. The van der Waals surface area contributed by atoms with Gasteiger partial charge in [0.05, 0.1) is 6.20 Å². The maximum absolute atomic E-state index is 13.2. The highest BCUT2D eigenvalue weighted by Crippen LogP contribution is 2.14. The molecule has 0 aliphatic carbocycles. The Kier molecular flexibility index (Phi) is 3.00. The highest BCUT2D eigenvalue weighted by atomic mass is 32.1. The summed E-state index contributed by atoms with van der Waals surface area (Å²) in [4.78, 5) is 11.9. The normalized spacial score (nSPS) is 10.4. The lowest BCUT2D eigenvalue weighted by Gasteiger charge is -2.00. The predicted molar refractivity (Wildman–Crippen MR) is 54.3 cm³/mol. The monoisotopic (exact) mass is 240 g/mol. The van der Waals surface area contributed by atoms with Crippen molar-refractivity contribution in [2.45, 2.75) is 6.42 Å². The van der Waals surface area contributed by atoms with Gasteiger partial charge in [-0.25, -0.2) is 8.78 Å². The lowest BCUT2D eigenvalue weighted by molar-refractivity contribution is 0.0995. The van der Waals surface area contributed by atoms with Gasteiger partial charge in [0.1, 0.15) is 16.5 Å². The molecule has 0 amide bonds. The molecule has 16 heavy (non-hydrogen) atoms. The number of nitrogens with zero attached hydrogens (tertiary/aromatic N) is 2. The summed E-state index contributed by atoms with van der Waals surface area (Å²) in [6, 6.07) is 3.03. The highest BCUT2D eigenvalue weighted by molar-refractivity contribution is 7.07. The van der Waals surface area contributed by atoms with Crippen molar-refractivity contribution in [2.24, 2.45) is 0 Å². The van der Waals surface area contributed by atoms with E-state index in [0.29, 0.717) is 4.88 Å². The van der Waals surface area contributed by atoms with Gasteiger partial charge >= 0.3 is 0 Å². The SMILES string of the molecule is O=C(Cc1cc(F)ccc1F)c1cnns1. The van der Waals surface area contributed by atoms with Gasteiger partial charge in [-0.05, 0) is 35.3 Å². The van der Waals surface area contributed by atoms with Crippen LogP contribution in [0.1, 0.15) is 15.2 Å². The quantitative estimate of drug-likeness (QED) is 0.773. The van der Waals surface area contributed by atoms with Crippen LogP contribution in [0.25, 0.3) is 0 Å². The average Bonchev–Trinajstić information content (AvgIpc) is 2.76. The smallest absolute Gasteiger partial charge is 0.180 e. The largest absolute Gasteiger partial charge is 0.293 e. The third-order valence-electron chi connectivity index (χ3n) is 1.99. The molecule has 1 aromatic heterocycles. The van der Waals surface area contributed by atoms with E-state index in [2.05, 4.69) is 9.59 Å². The fourth-order valence-electron chi connectivity index (χ4n) is 1.23. The Morgan fingerprint density at radius 2 is 2.19 bits per heavy atom. The van der Waals surface area contributed by atoms with Crippen LogP contribution < -0.4 is 0 Å². The number of aromatic nitrogens is 2. The number of rotatable bonds is 3. The van der Waals surface area contributed by atoms with Crippen molar-refractivity contribution < 1.29 is 13.6 Å². The Balaban J connectivity index is 2.21. The standard InChI is InChI=1S/C10H6F2N2OS/c11-7-1-2-8(12)6(3-7)4-9(15)10-5-13-14-16-10/h1-3,5H,4H2. The number of benzene rings is 1. The van der Waals surface area contributed by atoms with E-state index in [9.17, 15) is 13.6 Å². The Bertz CT molecular complexity index is 514. The molecule has 0 saturated carbocycles. The topological polar surface area (TPSA) is 42.9 Å². The van der Waals surface area contributed by atoms with Gasteiger partial charge in [0.25, 0.3) is 0 Å². The zero-order chi connectivity index (χ0) is 11.5. The van der Waals surface area contributed by atoms with Crippen LogP contribution in [0.15, 0.2) is 24.4 Å². The van der Waals surface area contributed by atoms with Crippen LogP contribution >= 0.6 is 11.5 Å². The zero-order valence-electron chi connectivity index (χ0n) is 7.98. The Morgan fingerprint density at radius 3 is 2.88 bits per heavy atom. The lowest BCUT2D eigenvalue weighted by Crippen LogP contribution is -2.03. The van der Waals surface area contributed by atoms with Crippen molar-refractivity contribution >= 4 is 17.3 Å². The molecule has 2 rings (SSSR count). The summed E-state index contributed by atoms with van der Waals surface area (Å²) < 4.78 is 29.6. The second-order valence-corrected chi connectivity index (χ2v) is 3.90. The zero-order valence-corrected chi connectivity index (χ0v) is 8.80. The minimum Gasteiger partial charge on any atom is -0.293 e. The van der Waals surface area contributed by atoms with Crippen molar-refractivity contribution in [3.05, 3.63) is 46.5 Å². The maximum Gasteiger partial charge on any atom is 0.180 e. The molecule has 0 saturated heterocycles. The average molecular weight is 240 g/mol. The molecule has 6 heteroatoms. The fourth-order valence-corrected chi connectivity index (χ4v) is 1.68. The number of carbonyl (C=O) groups excluding carboxylic acids is 1. The van der Waals surface area contributed by atoms with Crippen molar-refractivity contribution in [3.63, 3.8) is 0 Å². The van der Waals surface area contributed by atoms with Crippen LogP contribution in [0.3, 0.4) is 0 Å². The third-order valence-corrected chi connectivity index (χ3v) is 2.70. The molecule has 3 nitrogen and oxygen atoms in total. The van der Waals surface area contributed by atoms with E-state index >= 15 is 0 Å². The van der Waals surface area contributed by atoms with Gasteiger partial charge in [-0.2, -0.15) is 0 Å².